The highest BCUT2D eigenvalue weighted by atomic mass is 16.5. The van der Waals surface area contributed by atoms with Crippen LogP contribution >= 0.6 is 0 Å². The first-order valence-electron chi connectivity index (χ1n) is 17.0. The van der Waals surface area contributed by atoms with E-state index in [1.807, 2.05) is 38.1 Å². The van der Waals surface area contributed by atoms with E-state index < -0.39 is 17.4 Å². The van der Waals surface area contributed by atoms with Crippen LogP contribution in [0, 0.1) is 17.8 Å². The highest BCUT2D eigenvalue weighted by Gasteiger charge is 2.54. The molecule has 0 amide bonds. The average Bonchev–Trinajstić information content (AvgIpc) is 3.75. The number of aryl methyl sites for hydroxylation is 2. The summed E-state index contributed by atoms with van der Waals surface area (Å²) in [6.45, 7) is 4.33. The van der Waals surface area contributed by atoms with E-state index in [-0.39, 0.29) is 53.5 Å². The van der Waals surface area contributed by atoms with Gasteiger partial charge in [-0.05, 0) is 103 Å². The number of rotatable bonds is 16. The van der Waals surface area contributed by atoms with E-state index in [0.717, 1.165) is 29.7 Å². The van der Waals surface area contributed by atoms with Gasteiger partial charge < -0.3 is 40.6 Å². The molecule has 262 valence electrons. The van der Waals surface area contributed by atoms with E-state index in [9.17, 15) is 25.2 Å². The van der Waals surface area contributed by atoms with Gasteiger partial charge in [0.15, 0.2) is 23.0 Å². The first kappa shape index (κ1) is 35.6. The largest absolute Gasteiger partial charge is 0.668 e. The Balaban J connectivity index is 1.51. The molecule has 5 rings (SSSR count). The maximum atomic E-state index is 14.7. The zero-order valence-electron chi connectivity index (χ0n) is 28.5. The molecule has 0 saturated heterocycles. The lowest BCUT2D eigenvalue weighted by atomic mass is 9.59. The summed E-state index contributed by atoms with van der Waals surface area (Å²) >= 11 is 0. The Morgan fingerprint density at radius 2 is 1.84 bits per heavy atom. The van der Waals surface area contributed by atoms with Crippen LogP contribution in [0.3, 0.4) is 0 Å². The van der Waals surface area contributed by atoms with E-state index in [1.54, 1.807) is 36.7 Å². The number of Topliss-reactive ketones (excluding diaryl/α,β-unsaturated/α-hetero) is 1. The molecule has 1 fully saturated rings. The number of nitrogens with zero attached hydrogens (tertiary/aromatic N) is 2. The molecule has 4 atom stereocenters. The van der Waals surface area contributed by atoms with Gasteiger partial charge >= 0.3 is 0 Å². The van der Waals surface area contributed by atoms with Gasteiger partial charge in [-0.15, -0.1) is 0 Å². The van der Waals surface area contributed by atoms with Gasteiger partial charge in [-0.3, -0.25) is 4.79 Å². The maximum absolute atomic E-state index is 14.7. The zero-order chi connectivity index (χ0) is 35.1. The number of benzene rings is 2. The number of ketones is 1. The molecule has 2 aromatic heterocycles. The standard InChI is InChI=1S/C39H48N3O7/c1-24(2)23-49-35-20-26(18-33(46)38(35)47)10-13-32(45)37(31(44)12-9-25-8-11-30(43)34(19-25)48-3)39(28-14-17-42-36(40)22-28)15-4-6-27(39)21-29-7-5-16-41-29/h5,7-8,11,14,16-20,22,24,27,31,37,43-44,46-47H,4,6,9-10,12-13,15,21,23H2,1-3H3,(H2,40,42)/q-1/t27-,31-,37-,39+/m1/s1. The zero-order valence-corrected chi connectivity index (χ0v) is 28.5. The molecule has 49 heavy (non-hydrogen) atoms. The highest BCUT2D eigenvalue weighted by molar-refractivity contribution is 5.84. The summed E-state index contributed by atoms with van der Waals surface area (Å²) in [4.78, 5) is 23.6. The Bertz CT molecular complexity index is 1710. The number of aromatic hydroxyl groups is 3. The van der Waals surface area contributed by atoms with Crippen LogP contribution in [0.4, 0.5) is 5.82 Å². The van der Waals surface area contributed by atoms with Crippen molar-refractivity contribution in [3.05, 3.63) is 89.4 Å². The molecule has 1 aliphatic rings. The lowest BCUT2D eigenvalue weighted by Gasteiger charge is -2.45. The minimum atomic E-state index is -1.02. The third-order valence-electron chi connectivity index (χ3n) is 9.87. The van der Waals surface area contributed by atoms with Crippen LogP contribution < -0.4 is 20.2 Å². The van der Waals surface area contributed by atoms with Gasteiger partial charge in [-0.1, -0.05) is 38.5 Å². The van der Waals surface area contributed by atoms with Gasteiger partial charge in [-0.2, -0.15) is 11.9 Å². The second kappa shape index (κ2) is 15.7. The lowest BCUT2D eigenvalue weighted by Crippen LogP contribution is -2.49. The third-order valence-corrected chi connectivity index (χ3v) is 9.87. The molecule has 0 radical (unpaired) electrons. The molecule has 6 N–H and O–H groups in total. The SMILES string of the molecule is COc1cc(CC[C@@H](O)[C@H](C(=O)CCc2cc(O)c(O)c(OCC(C)C)c2)[C@@]2(c3ccnc(N)c3)CCC[C@@H]2Cc2ccc[n-]2)ccc1O. The predicted octanol–water partition coefficient (Wildman–Crippen LogP) is 5.87. The number of phenols is 3. The van der Waals surface area contributed by atoms with Crippen molar-refractivity contribution in [2.24, 2.45) is 17.8 Å². The van der Waals surface area contributed by atoms with Crippen molar-refractivity contribution < 1.29 is 34.7 Å². The van der Waals surface area contributed by atoms with Crippen molar-refractivity contribution in [2.75, 3.05) is 19.5 Å². The van der Waals surface area contributed by atoms with Crippen molar-refractivity contribution >= 4 is 11.6 Å². The number of methoxy groups -OCH3 is 1. The van der Waals surface area contributed by atoms with Crippen LogP contribution in [0.1, 0.15) is 68.3 Å². The third kappa shape index (κ3) is 8.13. The number of hydrogen-bond acceptors (Lipinski definition) is 9. The first-order valence-corrected chi connectivity index (χ1v) is 17.0. The predicted molar refractivity (Wildman–Crippen MR) is 187 cm³/mol. The average molecular weight is 671 g/mol. The molecular weight excluding hydrogens is 622 g/mol. The fourth-order valence-corrected chi connectivity index (χ4v) is 7.59. The molecule has 4 aromatic rings. The van der Waals surface area contributed by atoms with Crippen molar-refractivity contribution in [3.8, 4) is 28.7 Å². The number of aliphatic hydroxyl groups is 1. The van der Waals surface area contributed by atoms with Gasteiger partial charge in [0.1, 0.15) is 11.6 Å². The molecule has 0 bridgehead atoms. The number of hydrogen-bond donors (Lipinski definition) is 5. The van der Waals surface area contributed by atoms with Gasteiger partial charge in [0.2, 0.25) is 5.75 Å². The number of phenolic OH excluding ortho intramolecular Hbond substituents is 3. The molecule has 10 nitrogen and oxygen atoms in total. The lowest BCUT2D eigenvalue weighted by molar-refractivity contribution is -0.131. The second-order valence-electron chi connectivity index (χ2n) is 13.7. The smallest absolute Gasteiger partial charge is 0.200 e. The Morgan fingerprint density at radius 1 is 1.04 bits per heavy atom. The van der Waals surface area contributed by atoms with Crippen LogP contribution in [-0.4, -0.2) is 51.0 Å². The molecule has 2 heterocycles. The molecule has 0 spiro atoms. The van der Waals surface area contributed by atoms with Gasteiger partial charge in [0, 0.05) is 18.0 Å². The number of nitrogen functional groups attached to an aromatic ring is 1. The maximum Gasteiger partial charge on any atom is 0.200 e. The molecule has 1 saturated carbocycles. The minimum Gasteiger partial charge on any atom is -0.668 e. The fourth-order valence-electron chi connectivity index (χ4n) is 7.59. The number of carbonyl (C=O) groups excluding carboxylic acids is 1. The topological polar surface area (TPSA) is 169 Å². The number of aromatic nitrogens is 2. The van der Waals surface area contributed by atoms with E-state index in [0.29, 0.717) is 49.4 Å². The van der Waals surface area contributed by atoms with Crippen LogP contribution in [-0.2, 0) is 29.5 Å². The number of nitrogens with two attached hydrogens (primary N) is 1. The van der Waals surface area contributed by atoms with E-state index >= 15 is 0 Å². The minimum absolute atomic E-state index is 0.00433. The first-order chi connectivity index (χ1) is 23.5. The normalized spacial score (nSPS) is 18.8. The number of anilines is 1. The number of pyridine rings is 1. The van der Waals surface area contributed by atoms with Crippen molar-refractivity contribution in [1.82, 2.24) is 9.97 Å². The summed E-state index contributed by atoms with van der Waals surface area (Å²) < 4.78 is 11.1. The number of aliphatic hydroxyl groups excluding tert-OH is 1. The summed E-state index contributed by atoms with van der Waals surface area (Å²) in [7, 11) is 1.49. The van der Waals surface area contributed by atoms with Crippen molar-refractivity contribution in [1.29, 1.82) is 0 Å². The van der Waals surface area contributed by atoms with Crippen LogP contribution in [0.15, 0.2) is 67.0 Å². The van der Waals surface area contributed by atoms with Crippen LogP contribution in [0.25, 0.3) is 0 Å². The molecular formula is C39H48N3O7-. The Labute approximate surface area is 288 Å². The molecule has 0 aliphatic heterocycles. The fraction of sp³-hybridized carbons (Fsp3) is 0.436. The molecule has 2 aromatic carbocycles. The summed E-state index contributed by atoms with van der Waals surface area (Å²) in [6, 6.07) is 15.9. The number of ether oxygens (including phenoxy) is 2. The summed E-state index contributed by atoms with van der Waals surface area (Å²) in [6.07, 6.45) is 6.55. The Morgan fingerprint density at radius 3 is 2.55 bits per heavy atom. The molecule has 0 unspecified atom stereocenters. The van der Waals surface area contributed by atoms with Crippen LogP contribution in [0.5, 0.6) is 28.7 Å². The summed E-state index contributed by atoms with van der Waals surface area (Å²) in [5.41, 5.74) is 8.81. The Kier molecular flexibility index (Phi) is 11.4. The Hall–Kier alpha value is -4.70. The van der Waals surface area contributed by atoms with Crippen LogP contribution in [0.2, 0.25) is 0 Å². The quantitative estimate of drug-likeness (QED) is 0.0909. The van der Waals surface area contributed by atoms with Gasteiger partial charge in [-0.25, -0.2) is 4.98 Å². The van der Waals surface area contributed by atoms with Crippen molar-refractivity contribution in [3.63, 3.8) is 0 Å². The monoisotopic (exact) mass is 670 g/mol. The highest BCUT2D eigenvalue weighted by Crippen LogP contribution is 2.54. The molecule has 10 heteroatoms. The van der Waals surface area contributed by atoms with Gasteiger partial charge in [0.05, 0.1) is 25.7 Å². The van der Waals surface area contributed by atoms with E-state index in [2.05, 4.69) is 9.97 Å². The van der Waals surface area contributed by atoms with Gasteiger partial charge in [0.25, 0.3) is 0 Å². The second-order valence-corrected chi connectivity index (χ2v) is 13.7. The summed E-state index contributed by atoms with van der Waals surface area (Å²) in [5.74, 6) is -0.460. The van der Waals surface area contributed by atoms with Crippen molar-refractivity contribution in [2.45, 2.75) is 76.7 Å². The molecule has 1 aliphatic carbocycles. The number of carbonyl (C=O) groups is 1. The van der Waals surface area contributed by atoms with E-state index in [4.69, 9.17) is 15.2 Å². The summed E-state index contributed by atoms with van der Waals surface area (Å²) in [5, 5.41) is 43.2. The van der Waals surface area contributed by atoms with E-state index in [1.165, 1.54) is 13.2 Å².